The molecule has 0 N–H and O–H groups in total. The average molecular weight is 720 g/mol. The van der Waals surface area contributed by atoms with Gasteiger partial charge in [-0.2, -0.15) is 0 Å². The van der Waals surface area contributed by atoms with Crippen LogP contribution >= 0.6 is 0 Å². The first-order valence-electron chi connectivity index (χ1n) is 20.4. The number of carbonyl (C=O) groups excluding carboxylic acids is 4. The molecule has 1 unspecified atom stereocenters. The molecule has 4 rings (SSSR count). The van der Waals surface area contributed by atoms with Gasteiger partial charge in [0.1, 0.15) is 19.8 Å². The maximum Gasteiger partial charge on any atom is 0.508 e. The molecule has 0 amide bonds. The molecule has 4 fully saturated rings. The zero-order chi connectivity index (χ0) is 36.7. The highest BCUT2D eigenvalue weighted by Gasteiger charge is 2.51. The lowest BCUT2D eigenvalue weighted by atomic mass is 9.49. The van der Waals surface area contributed by atoms with E-state index >= 15 is 0 Å². The first-order chi connectivity index (χ1) is 24.7. The van der Waals surface area contributed by atoms with E-state index in [0.717, 1.165) is 88.8 Å². The topological polar surface area (TPSA) is 118 Å². The zero-order valence-electron chi connectivity index (χ0n) is 32.2. The van der Waals surface area contributed by atoms with Crippen molar-refractivity contribution in [1.82, 2.24) is 4.90 Å². The SMILES string of the molecule is CCCCC/C=C\CCOC(=O)CCCCCCC(=O)OCC(COC(=O)CC12CC3CC(CC(C3)C1)C2)COC(=O)OCCCN(CC)CC. The van der Waals surface area contributed by atoms with Crippen molar-refractivity contribution in [2.75, 3.05) is 52.7 Å². The third kappa shape index (κ3) is 17.6. The monoisotopic (exact) mass is 719 g/mol. The molecule has 4 bridgehead atoms. The van der Waals surface area contributed by atoms with Crippen LogP contribution in [0.15, 0.2) is 12.2 Å². The molecule has 4 aliphatic carbocycles. The van der Waals surface area contributed by atoms with Crippen molar-refractivity contribution >= 4 is 24.1 Å². The van der Waals surface area contributed by atoms with Crippen molar-refractivity contribution in [2.24, 2.45) is 29.1 Å². The Morgan fingerprint density at radius 3 is 1.80 bits per heavy atom. The van der Waals surface area contributed by atoms with Crippen LogP contribution < -0.4 is 0 Å². The molecule has 10 heteroatoms. The van der Waals surface area contributed by atoms with Gasteiger partial charge in [0.25, 0.3) is 0 Å². The normalized spacial score (nSPS) is 22.6. The van der Waals surface area contributed by atoms with Gasteiger partial charge in [-0.1, -0.05) is 58.6 Å². The van der Waals surface area contributed by atoms with E-state index in [1.54, 1.807) is 0 Å². The van der Waals surface area contributed by atoms with Crippen LogP contribution in [-0.2, 0) is 38.1 Å². The first-order valence-corrected chi connectivity index (χ1v) is 20.4. The van der Waals surface area contributed by atoms with E-state index in [4.69, 9.17) is 23.7 Å². The van der Waals surface area contributed by atoms with Crippen LogP contribution in [0.4, 0.5) is 4.79 Å². The summed E-state index contributed by atoms with van der Waals surface area (Å²) in [6.07, 6.45) is 21.1. The number of allylic oxidation sites excluding steroid dienone is 1. The maximum absolute atomic E-state index is 13.1. The van der Waals surface area contributed by atoms with Crippen LogP contribution in [0, 0.1) is 29.1 Å². The smallest absolute Gasteiger partial charge is 0.465 e. The van der Waals surface area contributed by atoms with E-state index < -0.39 is 12.1 Å². The quantitative estimate of drug-likeness (QED) is 0.0337. The lowest BCUT2D eigenvalue weighted by Crippen LogP contribution is -2.47. The van der Waals surface area contributed by atoms with E-state index in [1.807, 2.05) is 0 Å². The average Bonchev–Trinajstić information content (AvgIpc) is 3.09. The molecule has 0 heterocycles. The molecule has 1 atom stereocenters. The van der Waals surface area contributed by atoms with Crippen molar-refractivity contribution in [3.05, 3.63) is 12.2 Å². The fraction of sp³-hybridized carbons (Fsp3) is 0.854. The van der Waals surface area contributed by atoms with E-state index in [1.165, 1.54) is 38.5 Å². The lowest BCUT2D eigenvalue weighted by molar-refractivity contribution is -0.155. The van der Waals surface area contributed by atoms with Crippen molar-refractivity contribution in [1.29, 1.82) is 0 Å². The number of unbranched alkanes of at least 4 members (excludes halogenated alkanes) is 6. The van der Waals surface area contributed by atoms with Crippen molar-refractivity contribution in [2.45, 2.75) is 143 Å². The number of hydrogen-bond acceptors (Lipinski definition) is 10. The molecule has 51 heavy (non-hydrogen) atoms. The summed E-state index contributed by atoms with van der Waals surface area (Å²) >= 11 is 0. The largest absolute Gasteiger partial charge is 0.508 e. The third-order valence-electron chi connectivity index (χ3n) is 11.0. The molecule has 4 aliphatic rings. The van der Waals surface area contributed by atoms with Crippen LogP contribution in [0.5, 0.6) is 0 Å². The van der Waals surface area contributed by atoms with E-state index in [2.05, 4.69) is 37.8 Å². The second-order valence-corrected chi connectivity index (χ2v) is 15.5. The summed E-state index contributed by atoms with van der Waals surface area (Å²) in [5, 5.41) is 0. The number of ether oxygens (including phenoxy) is 5. The Kier molecular flexibility index (Phi) is 20.6. The molecule has 0 aromatic rings. The summed E-state index contributed by atoms with van der Waals surface area (Å²) in [7, 11) is 0. The summed E-state index contributed by atoms with van der Waals surface area (Å²) < 4.78 is 27.2. The molecule has 0 aromatic carbocycles. The van der Waals surface area contributed by atoms with Gasteiger partial charge in [-0.3, -0.25) is 14.4 Å². The number of nitrogens with zero attached hydrogens (tertiary/aromatic N) is 1. The van der Waals surface area contributed by atoms with Gasteiger partial charge in [0.2, 0.25) is 0 Å². The Balaban J connectivity index is 1.32. The second kappa shape index (κ2) is 24.6. The highest BCUT2D eigenvalue weighted by Crippen LogP contribution is 2.61. The minimum atomic E-state index is -0.774. The fourth-order valence-electron chi connectivity index (χ4n) is 8.67. The molecule has 0 spiro atoms. The van der Waals surface area contributed by atoms with Gasteiger partial charge >= 0.3 is 24.1 Å². The molecule has 0 aliphatic heterocycles. The van der Waals surface area contributed by atoms with Gasteiger partial charge in [-0.15, -0.1) is 0 Å². The minimum Gasteiger partial charge on any atom is -0.465 e. The molecule has 10 nitrogen and oxygen atoms in total. The molecule has 292 valence electrons. The van der Waals surface area contributed by atoms with Crippen molar-refractivity contribution in [3.63, 3.8) is 0 Å². The van der Waals surface area contributed by atoms with Crippen LogP contribution in [0.2, 0.25) is 0 Å². The van der Waals surface area contributed by atoms with E-state index in [-0.39, 0.29) is 56.2 Å². The Morgan fingerprint density at radius 1 is 0.627 bits per heavy atom. The predicted molar refractivity (Wildman–Crippen MR) is 197 cm³/mol. The molecule has 0 aromatic heterocycles. The third-order valence-corrected chi connectivity index (χ3v) is 11.0. The summed E-state index contributed by atoms with van der Waals surface area (Å²) in [5.74, 6) is 1.03. The molecule has 0 radical (unpaired) electrons. The van der Waals surface area contributed by atoms with Gasteiger partial charge in [-0.05, 0) is 113 Å². The molecular formula is C41H69NO9. The second-order valence-electron chi connectivity index (χ2n) is 15.5. The van der Waals surface area contributed by atoms with Gasteiger partial charge in [0.15, 0.2) is 0 Å². The number of esters is 3. The highest BCUT2D eigenvalue weighted by molar-refractivity contribution is 5.71. The molecule has 0 saturated heterocycles. The maximum atomic E-state index is 13.1. The highest BCUT2D eigenvalue weighted by atomic mass is 16.7. The van der Waals surface area contributed by atoms with Gasteiger partial charge in [0.05, 0.1) is 25.6 Å². The van der Waals surface area contributed by atoms with Crippen LogP contribution in [-0.4, -0.2) is 81.6 Å². The standard InChI is InChI=1S/C41H69NO9/c1-4-7-8-9-10-13-16-21-47-37(43)18-14-11-12-15-19-38(44)49-30-36(32-51-40(46)48-22-17-20-42(5-2)6-3)31-50-39(45)29-41-26-33-23-34(27-41)25-35(24-33)28-41/h10,13,33-36H,4-9,11-12,14-32H2,1-3H3/b13-10-. The zero-order valence-corrected chi connectivity index (χ0v) is 32.2. The minimum absolute atomic E-state index is 0.0130. The summed E-state index contributed by atoms with van der Waals surface area (Å²) in [4.78, 5) is 52.2. The predicted octanol–water partition coefficient (Wildman–Crippen LogP) is 8.59. The summed E-state index contributed by atoms with van der Waals surface area (Å²) in [5.41, 5.74) is 0.0738. The first kappa shape index (κ1) is 42.8. The number of carbonyl (C=O) groups is 4. The lowest BCUT2D eigenvalue weighted by Gasteiger charge is -2.56. The number of hydrogen-bond donors (Lipinski definition) is 0. The Hall–Kier alpha value is -2.62. The van der Waals surface area contributed by atoms with Crippen molar-refractivity contribution in [3.8, 4) is 0 Å². The van der Waals surface area contributed by atoms with E-state index in [0.29, 0.717) is 32.3 Å². The molecular weight excluding hydrogens is 650 g/mol. The summed E-state index contributed by atoms with van der Waals surface area (Å²) in [6.45, 7) is 9.70. The van der Waals surface area contributed by atoms with E-state index in [9.17, 15) is 19.2 Å². The van der Waals surface area contributed by atoms with Gasteiger partial charge in [0, 0.05) is 19.4 Å². The van der Waals surface area contributed by atoms with Gasteiger partial charge < -0.3 is 28.6 Å². The van der Waals surface area contributed by atoms with Crippen LogP contribution in [0.3, 0.4) is 0 Å². The fourth-order valence-corrected chi connectivity index (χ4v) is 8.67. The van der Waals surface area contributed by atoms with Crippen LogP contribution in [0.1, 0.15) is 143 Å². The van der Waals surface area contributed by atoms with Crippen molar-refractivity contribution < 1.29 is 42.9 Å². The Labute approximate surface area is 308 Å². The Bertz CT molecular complexity index is 1020. The van der Waals surface area contributed by atoms with Crippen LogP contribution in [0.25, 0.3) is 0 Å². The van der Waals surface area contributed by atoms with Gasteiger partial charge in [-0.25, -0.2) is 4.79 Å². The molecule has 4 saturated carbocycles. The Morgan fingerprint density at radius 2 is 1.20 bits per heavy atom. The summed E-state index contributed by atoms with van der Waals surface area (Å²) in [6, 6.07) is 0. The number of rotatable bonds is 28.